The fourth-order valence-corrected chi connectivity index (χ4v) is 2.49. The minimum Gasteiger partial charge on any atom is -0.481 e. The lowest BCUT2D eigenvalue weighted by Crippen LogP contribution is -2.57. The third-order valence-electron chi connectivity index (χ3n) is 3.89. The molecule has 1 aromatic heterocycles. The van der Waals surface area contributed by atoms with Crippen LogP contribution in [0.3, 0.4) is 0 Å². The Morgan fingerprint density at radius 3 is 2.23 bits per heavy atom. The van der Waals surface area contributed by atoms with E-state index in [4.69, 9.17) is 15.9 Å². The Hall–Kier alpha value is -3.13. The highest BCUT2D eigenvalue weighted by Crippen LogP contribution is 2.02. The average molecular weight is 444 g/mol. The molecule has 4 unspecified atom stereocenters. The molecule has 0 radical (unpaired) electrons. The molecule has 0 aliphatic rings. The molecule has 3 amide bonds. The van der Waals surface area contributed by atoms with Crippen molar-refractivity contribution in [1.82, 2.24) is 25.9 Å². The van der Waals surface area contributed by atoms with Crippen molar-refractivity contribution >= 4 is 42.3 Å². The minimum absolute atomic E-state index is 0.0321. The monoisotopic (exact) mass is 444 g/mol. The highest BCUT2D eigenvalue weighted by molar-refractivity contribution is 7.80. The van der Waals surface area contributed by atoms with Gasteiger partial charge >= 0.3 is 11.9 Å². The lowest BCUT2D eigenvalue weighted by atomic mass is 10.1. The largest absolute Gasteiger partial charge is 0.481 e. The van der Waals surface area contributed by atoms with Gasteiger partial charge in [-0.1, -0.05) is 0 Å². The molecule has 0 bridgehead atoms. The van der Waals surface area contributed by atoms with Crippen LogP contribution in [-0.2, 0) is 30.4 Å². The number of H-pyrrole nitrogens is 1. The molecule has 166 valence electrons. The summed E-state index contributed by atoms with van der Waals surface area (Å²) in [5, 5.41) is 24.7. The molecular weight excluding hydrogens is 420 g/mol. The lowest BCUT2D eigenvalue weighted by molar-refractivity contribution is -0.141. The normalized spacial score (nSPS) is 14.6. The van der Waals surface area contributed by atoms with E-state index in [9.17, 15) is 24.0 Å². The molecule has 1 heterocycles. The molecule has 14 heteroatoms. The maximum absolute atomic E-state index is 12.5. The van der Waals surface area contributed by atoms with Gasteiger partial charge in [0.05, 0.1) is 18.8 Å². The molecule has 8 N–H and O–H groups in total. The summed E-state index contributed by atoms with van der Waals surface area (Å²) in [7, 11) is 0. The number of carbonyl (C=O) groups excluding carboxylic acids is 3. The van der Waals surface area contributed by atoms with Gasteiger partial charge in [0, 0.05) is 24.1 Å². The number of aromatic amines is 1. The van der Waals surface area contributed by atoms with Crippen molar-refractivity contribution in [2.24, 2.45) is 5.73 Å². The summed E-state index contributed by atoms with van der Waals surface area (Å²) in [4.78, 5) is 65.2. The van der Waals surface area contributed by atoms with Crippen LogP contribution in [0.25, 0.3) is 0 Å². The van der Waals surface area contributed by atoms with E-state index in [0.717, 1.165) is 0 Å². The first-order valence-corrected chi connectivity index (χ1v) is 9.37. The first-order valence-electron chi connectivity index (χ1n) is 8.74. The molecule has 0 saturated carbocycles. The quantitative estimate of drug-likeness (QED) is 0.156. The second kappa shape index (κ2) is 11.8. The number of rotatable bonds is 12. The number of aromatic nitrogens is 2. The number of carboxylic acid groups (broad SMARTS) is 2. The third kappa shape index (κ3) is 8.08. The predicted octanol–water partition coefficient (Wildman–Crippen LogP) is -2.76. The van der Waals surface area contributed by atoms with E-state index < -0.39 is 60.2 Å². The topological polar surface area (TPSA) is 217 Å². The Balaban J connectivity index is 2.82. The molecule has 13 nitrogen and oxygen atoms in total. The van der Waals surface area contributed by atoms with Crippen molar-refractivity contribution < 1.29 is 34.2 Å². The molecule has 0 aliphatic carbocycles. The van der Waals surface area contributed by atoms with Gasteiger partial charge in [0.1, 0.15) is 18.1 Å². The number of nitrogens with zero attached hydrogens (tertiary/aromatic N) is 1. The van der Waals surface area contributed by atoms with E-state index in [2.05, 4.69) is 38.5 Å². The van der Waals surface area contributed by atoms with Crippen molar-refractivity contribution in [3.8, 4) is 0 Å². The van der Waals surface area contributed by atoms with E-state index in [-0.39, 0.29) is 12.2 Å². The lowest BCUT2D eigenvalue weighted by Gasteiger charge is -2.23. The Labute approximate surface area is 176 Å². The van der Waals surface area contributed by atoms with Crippen LogP contribution >= 0.6 is 12.6 Å². The van der Waals surface area contributed by atoms with E-state index >= 15 is 0 Å². The number of hydrogen-bond donors (Lipinski definition) is 8. The highest BCUT2D eigenvalue weighted by atomic mass is 32.1. The van der Waals surface area contributed by atoms with E-state index in [0.29, 0.717) is 5.69 Å². The molecule has 0 aromatic carbocycles. The zero-order chi connectivity index (χ0) is 22.8. The zero-order valence-corrected chi connectivity index (χ0v) is 16.9. The summed E-state index contributed by atoms with van der Waals surface area (Å²) < 4.78 is 0. The first kappa shape index (κ1) is 24.9. The number of aliphatic carboxylic acids is 2. The molecule has 0 aliphatic heterocycles. The van der Waals surface area contributed by atoms with Crippen LogP contribution in [0.5, 0.6) is 0 Å². The summed E-state index contributed by atoms with van der Waals surface area (Å²) in [6, 6.07) is -4.96. The minimum atomic E-state index is -1.35. The number of hydrogen-bond acceptors (Lipinski definition) is 8. The van der Waals surface area contributed by atoms with Gasteiger partial charge in [-0.25, -0.2) is 9.78 Å². The standard InChI is InChI=1S/C16H24N6O7S/c1-7(20-14(26)9(17)3-12(23)24)13(25)21-10(2-8-4-18-6-19-8)15(27)22-11(5-30)16(28)29/h4,6-7,9-11,30H,2-3,5,17H2,1H3,(H,18,19)(H,20,26)(H,21,25)(H,22,27)(H,23,24)(H,28,29). The molecule has 0 fully saturated rings. The number of nitrogens with two attached hydrogens (primary N) is 1. The third-order valence-corrected chi connectivity index (χ3v) is 4.26. The van der Waals surface area contributed by atoms with Crippen molar-refractivity contribution in [3.05, 3.63) is 18.2 Å². The Morgan fingerprint density at radius 1 is 1.10 bits per heavy atom. The molecular formula is C16H24N6O7S. The molecule has 0 spiro atoms. The highest BCUT2D eigenvalue weighted by Gasteiger charge is 2.29. The molecule has 0 saturated heterocycles. The Bertz CT molecular complexity index is 772. The number of carboxylic acids is 2. The Morgan fingerprint density at radius 2 is 1.73 bits per heavy atom. The fraction of sp³-hybridized carbons (Fsp3) is 0.500. The van der Waals surface area contributed by atoms with Crippen LogP contribution in [0, 0.1) is 0 Å². The molecule has 30 heavy (non-hydrogen) atoms. The maximum Gasteiger partial charge on any atom is 0.327 e. The van der Waals surface area contributed by atoms with Crippen LogP contribution in [0.1, 0.15) is 19.0 Å². The van der Waals surface area contributed by atoms with Crippen LogP contribution in [0.4, 0.5) is 0 Å². The fourth-order valence-electron chi connectivity index (χ4n) is 2.25. The number of thiol groups is 1. The van der Waals surface area contributed by atoms with Gasteiger partial charge in [0.2, 0.25) is 17.7 Å². The second-order valence-electron chi connectivity index (χ2n) is 6.36. The van der Waals surface area contributed by atoms with Gasteiger partial charge < -0.3 is 36.9 Å². The number of amides is 3. The van der Waals surface area contributed by atoms with Crippen LogP contribution in [0.2, 0.25) is 0 Å². The summed E-state index contributed by atoms with van der Waals surface area (Å²) in [5.74, 6) is -5.12. The van der Waals surface area contributed by atoms with E-state index in [1.54, 1.807) is 0 Å². The van der Waals surface area contributed by atoms with E-state index in [1.165, 1.54) is 19.4 Å². The average Bonchev–Trinajstić information content (AvgIpc) is 3.17. The second-order valence-corrected chi connectivity index (χ2v) is 6.72. The van der Waals surface area contributed by atoms with Gasteiger partial charge in [-0.05, 0) is 6.92 Å². The van der Waals surface area contributed by atoms with Crippen molar-refractivity contribution in [2.75, 3.05) is 5.75 Å². The SMILES string of the molecule is CC(NC(=O)C(N)CC(=O)O)C(=O)NC(Cc1cnc[nH]1)C(=O)NC(CS)C(=O)O. The van der Waals surface area contributed by atoms with Gasteiger partial charge in [-0.2, -0.15) is 12.6 Å². The number of carbonyl (C=O) groups is 5. The smallest absolute Gasteiger partial charge is 0.327 e. The van der Waals surface area contributed by atoms with Crippen molar-refractivity contribution in [1.29, 1.82) is 0 Å². The summed E-state index contributed by atoms with van der Waals surface area (Å²) in [5.41, 5.74) is 5.94. The number of imidazole rings is 1. The zero-order valence-electron chi connectivity index (χ0n) is 16.0. The summed E-state index contributed by atoms with van der Waals surface area (Å²) >= 11 is 3.87. The summed E-state index contributed by atoms with van der Waals surface area (Å²) in [6.07, 6.45) is 2.14. The number of nitrogens with one attached hydrogen (secondary N) is 4. The van der Waals surface area contributed by atoms with Crippen molar-refractivity contribution in [2.45, 2.75) is 43.9 Å². The summed E-state index contributed by atoms with van der Waals surface area (Å²) in [6.45, 7) is 1.32. The van der Waals surface area contributed by atoms with Crippen LogP contribution in [-0.4, -0.2) is 79.8 Å². The van der Waals surface area contributed by atoms with Gasteiger partial charge in [-0.3, -0.25) is 19.2 Å². The molecule has 4 atom stereocenters. The molecule has 1 aromatic rings. The Kier molecular flexibility index (Phi) is 9.77. The van der Waals surface area contributed by atoms with Crippen molar-refractivity contribution in [3.63, 3.8) is 0 Å². The van der Waals surface area contributed by atoms with E-state index in [1.807, 2.05) is 0 Å². The van der Waals surface area contributed by atoms with Crippen LogP contribution < -0.4 is 21.7 Å². The molecule has 1 rings (SSSR count). The van der Waals surface area contributed by atoms with Gasteiger partial charge in [0.25, 0.3) is 0 Å². The van der Waals surface area contributed by atoms with Gasteiger partial charge in [0.15, 0.2) is 0 Å². The van der Waals surface area contributed by atoms with Crippen LogP contribution in [0.15, 0.2) is 12.5 Å². The van der Waals surface area contributed by atoms with Gasteiger partial charge in [-0.15, -0.1) is 0 Å². The predicted molar refractivity (Wildman–Crippen MR) is 105 cm³/mol. The first-order chi connectivity index (χ1) is 14.0. The maximum atomic E-state index is 12.5.